The van der Waals surface area contributed by atoms with Crippen molar-refractivity contribution in [1.29, 1.82) is 0 Å². The molecule has 0 atom stereocenters. The van der Waals surface area contributed by atoms with Gasteiger partial charge in [0, 0.05) is 0 Å². The lowest BCUT2D eigenvalue weighted by Gasteiger charge is -1.69. The highest BCUT2D eigenvalue weighted by molar-refractivity contribution is 7.23. The fourth-order valence-electron chi connectivity index (χ4n) is 0.405. The van der Waals surface area contributed by atoms with Crippen molar-refractivity contribution in [1.82, 2.24) is 0 Å². The summed E-state index contributed by atoms with van der Waals surface area (Å²) in [6, 6.07) is 4.01. The van der Waals surface area contributed by atoms with E-state index in [4.69, 9.17) is 11.6 Å². The molecular formula is C4H5ClSSi. The summed E-state index contributed by atoms with van der Waals surface area (Å²) < 4.78 is 2.31. The maximum atomic E-state index is 5.60. The van der Waals surface area contributed by atoms with Crippen LogP contribution in [0.5, 0.6) is 0 Å². The normalized spacial score (nSPS) is 9.86. The molecule has 0 saturated carbocycles. The summed E-state index contributed by atoms with van der Waals surface area (Å²) in [6.07, 6.45) is 0. The molecule has 7 heavy (non-hydrogen) atoms. The lowest BCUT2D eigenvalue weighted by Crippen LogP contribution is -1.88. The van der Waals surface area contributed by atoms with Crippen LogP contribution >= 0.6 is 22.9 Å². The van der Waals surface area contributed by atoms with Crippen molar-refractivity contribution in [2.75, 3.05) is 0 Å². The van der Waals surface area contributed by atoms with Gasteiger partial charge >= 0.3 is 0 Å². The molecule has 0 nitrogen and oxygen atoms in total. The molecule has 0 aliphatic heterocycles. The summed E-state index contributed by atoms with van der Waals surface area (Å²) in [7, 11) is 1.13. The summed E-state index contributed by atoms with van der Waals surface area (Å²) in [5.74, 6) is 0. The van der Waals surface area contributed by atoms with Crippen molar-refractivity contribution in [2.45, 2.75) is 0 Å². The Morgan fingerprint density at radius 1 is 1.57 bits per heavy atom. The maximum Gasteiger partial charge on any atom is 0.0926 e. The Hall–Kier alpha value is 0.207. The van der Waals surface area contributed by atoms with E-state index in [1.54, 1.807) is 11.3 Å². The van der Waals surface area contributed by atoms with E-state index in [0.717, 1.165) is 14.6 Å². The third-order valence-corrected chi connectivity index (χ3v) is 2.80. The highest BCUT2D eigenvalue weighted by Gasteiger charge is 1.86. The predicted molar refractivity (Wildman–Crippen MR) is 38.9 cm³/mol. The minimum Gasteiger partial charge on any atom is -0.134 e. The van der Waals surface area contributed by atoms with Gasteiger partial charge in [-0.05, 0) is 10.6 Å². The van der Waals surface area contributed by atoms with E-state index in [-0.39, 0.29) is 0 Å². The second-order valence-electron chi connectivity index (χ2n) is 1.35. The maximum absolute atomic E-state index is 5.60. The minimum absolute atomic E-state index is 0.907. The molecule has 1 aromatic heterocycles. The van der Waals surface area contributed by atoms with Crippen LogP contribution in [0.3, 0.4) is 0 Å². The molecule has 0 fully saturated rings. The van der Waals surface area contributed by atoms with Gasteiger partial charge in [-0.15, -0.1) is 11.3 Å². The van der Waals surface area contributed by atoms with Gasteiger partial charge in [0.15, 0.2) is 0 Å². The fraction of sp³-hybridized carbons (Fsp3) is 0. The molecule has 0 aromatic carbocycles. The standard InChI is InChI=1S/C4H5ClSSi/c5-3-1-2-4(7)6-3/h1-2H,7H3. The van der Waals surface area contributed by atoms with Gasteiger partial charge < -0.3 is 0 Å². The first-order valence-corrected chi connectivity index (χ1v) is 4.20. The van der Waals surface area contributed by atoms with Crippen molar-refractivity contribution in [3.63, 3.8) is 0 Å². The quantitative estimate of drug-likeness (QED) is 0.467. The number of hydrogen-bond acceptors (Lipinski definition) is 1. The zero-order valence-electron chi connectivity index (χ0n) is 3.94. The zero-order valence-corrected chi connectivity index (χ0v) is 7.51. The van der Waals surface area contributed by atoms with Crippen LogP contribution in [0.25, 0.3) is 0 Å². The van der Waals surface area contributed by atoms with E-state index in [9.17, 15) is 0 Å². The van der Waals surface area contributed by atoms with Crippen LogP contribution in [-0.4, -0.2) is 10.2 Å². The van der Waals surface area contributed by atoms with Gasteiger partial charge in [-0.1, -0.05) is 17.7 Å². The number of hydrogen-bond donors (Lipinski definition) is 0. The Kier molecular flexibility index (Phi) is 1.52. The lowest BCUT2D eigenvalue weighted by atomic mass is 10.7. The zero-order chi connectivity index (χ0) is 5.28. The monoisotopic (exact) mass is 148 g/mol. The number of rotatable bonds is 0. The van der Waals surface area contributed by atoms with E-state index < -0.39 is 0 Å². The topological polar surface area (TPSA) is 0 Å². The molecule has 0 radical (unpaired) electrons. The Balaban J connectivity index is 3.04. The van der Waals surface area contributed by atoms with Crippen LogP contribution in [0.15, 0.2) is 12.1 Å². The predicted octanol–water partition coefficient (Wildman–Crippen LogP) is 0.392. The first-order chi connectivity index (χ1) is 3.29. The third kappa shape index (κ3) is 1.30. The van der Waals surface area contributed by atoms with Crippen molar-refractivity contribution in [2.24, 2.45) is 0 Å². The number of halogens is 1. The van der Waals surface area contributed by atoms with E-state index in [1.807, 2.05) is 6.07 Å². The fourth-order valence-corrected chi connectivity index (χ4v) is 2.63. The molecule has 3 heteroatoms. The molecule has 0 amide bonds. The van der Waals surface area contributed by atoms with Crippen LogP contribution in [-0.2, 0) is 0 Å². The first-order valence-electron chi connectivity index (χ1n) is 2.01. The van der Waals surface area contributed by atoms with Crippen LogP contribution in [0.2, 0.25) is 4.34 Å². The summed E-state index contributed by atoms with van der Waals surface area (Å²) >= 11 is 7.27. The van der Waals surface area contributed by atoms with Gasteiger partial charge in [-0.25, -0.2) is 0 Å². The lowest BCUT2D eigenvalue weighted by molar-refractivity contribution is 2.06. The molecule has 0 unspecified atom stereocenters. The van der Waals surface area contributed by atoms with Gasteiger partial charge in [0.05, 0.1) is 14.6 Å². The molecule has 0 spiro atoms. The minimum atomic E-state index is 0.907. The molecule has 0 N–H and O–H groups in total. The average Bonchev–Trinajstić information content (AvgIpc) is 1.87. The Labute approximate surface area is 54.5 Å². The van der Waals surface area contributed by atoms with Crippen molar-refractivity contribution < 1.29 is 0 Å². The highest BCUT2D eigenvalue weighted by atomic mass is 35.5. The third-order valence-electron chi connectivity index (χ3n) is 0.708. The van der Waals surface area contributed by atoms with E-state index in [1.165, 1.54) is 4.50 Å². The molecule has 1 rings (SSSR count). The van der Waals surface area contributed by atoms with Crippen LogP contribution < -0.4 is 4.50 Å². The van der Waals surface area contributed by atoms with Crippen molar-refractivity contribution in [3.8, 4) is 0 Å². The van der Waals surface area contributed by atoms with Gasteiger partial charge in [0.25, 0.3) is 0 Å². The Morgan fingerprint density at radius 2 is 2.29 bits per heavy atom. The molecule has 0 aliphatic carbocycles. The average molecular weight is 149 g/mol. The molecule has 1 heterocycles. The van der Waals surface area contributed by atoms with E-state index in [0.29, 0.717) is 0 Å². The summed E-state index contributed by atoms with van der Waals surface area (Å²) in [5, 5.41) is 0. The molecule has 0 bridgehead atoms. The molecular weight excluding hydrogens is 144 g/mol. The van der Waals surface area contributed by atoms with Crippen molar-refractivity contribution >= 4 is 37.7 Å². The summed E-state index contributed by atoms with van der Waals surface area (Å²) in [6.45, 7) is 0. The van der Waals surface area contributed by atoms with Crippen LogP contribution in [0.4, 0.5) is 0 Å². The van der Waals surface area contributed by atoms with Gasteiger partial charge in [-0.3, -0.25) is 0 Å². The SMILES string of the molecule is [SiH3]c1ccc(Cl)s1. The summed E-state index contributed by atoms with van der Waals surface area (Å²) in [5.41, 5.74) is 0. The van der Waals surface area contributed by atoms with Gasteiger partial charge in [0.1, 0.15) is 0 Å². The van der Waals surface area contributed by atoms with Crippen molar-refractivity contribution in [3.05, 3.63) is 16.5 Å². The Morgan fingerprint density at radius 3 is 2.43 bits per heavy atom. The van der Waals surface area contributed by atoms with Gasteiger partial charge in [0.2, 0.25) is 0 Å². The smallest absolute Gasteiger partial charge is 0.0926 e. The molecule has 38 valence electrons. The molecule has 0 saturated heterocycles. The van der Waals surface area contributed by atoms with E-state index in [2.05, 4.69) is 6.07 Å². The second-order valence-corrected chi connectivity index (χ2v) is 5.07. The number of thiophene rings is 1. The van der Waals surface area contributed by atoms with Crippen LogP contribution in [0, 0.1) is 0 Å². The first kappa shape index (κ1) is 5.35. The van der Waals surface area contributed by atoms with Crippen LogP contribution in [0.1, 0.15) is 0 Å². The highest BCUT2D eigenvalue weighted by Crippen LogP contribution is 2.11. The summed E-state index contributed by atoms with van der Waals surface area (Å²) in [4.78, 5) is 0. The Bertz CT molecular complexity index is 144. The molecule has 1 aromatic rings. The molecule has 0 aliphatic rings. The largest absolute Gasteiger partial charge is 0.134 e. The van der Waals surface area contributed by atoms with Gasteiger partial charge in [-0.2, -0.15) is 0 Å². The second kappa shape index (κ2) is 1.99. The van der Waals surface area contributed by atoms with E-state index >= 15 is 0 Å².